The number of benzene rings is 2. The molecule has 2 aromatic carbocycles. The lowest BCUT2D eigenvalue weighted by Gasteiger charge is -2.11. The second-order valence-corrected chi connectivity index (χ2v) is 7.31. The number of carbonyl (C=O) groups excluding carboxylic acids is 2. The van der Waals surface area contributed by atoms with Crippen LogP contribution in [-0.2, 0) is 0 Å². The molecule has 0 fully saturated rings. The minimum atomic E-state index is -0.431. The Bertz CT molecular complexity index is 1060. The van der Waals surface area contributed by atoms with E-state index in [9.17, 15) is 9.59 Å². The van der Waals surface area contributed by atoms with Crippen molar-refractivity contribution in [3.8, 4) is 0 Å². The number of pyridine rings is 1. The summed E-state index contributed by atoms with van der Waals surface area (Å²) >= 11 is 3.36. The highest BCUT2D eigenvalue weighted by Gasteiger charge is 2.15. The van der Waals surface area contributed by atoms with Gasteiger partial charge in [-0.1, -0.05) is 45.8 Å². The first-order valence-corrected chi connectivity index (χ1v) is 9.66. The zero-order chi connectivity index (χ0) is 20.8. The van der Waals surface area contributed by atoms with Crippen LogP contribution in [0.2, 0.25) is 0 Å². The van der Waals surface area contributed by atoms with Crippen LogP contribution in [-0.4, -0.2) is 22.5 Å². The monoisotopic (exact) mass is 450 g/mol. The van der Waals surface area contributed by atoms with E-state index in [0.29, 0.717) is 21.4 Å². The molecule has 3 rings (SSSR count). The molecule has 146 valence electrons. The number of hydrogen-bond acceptors (Lipinski definition) is 4. The van der Waals surface area contributed by atoms with E-state index in [4.69, 9.17) is 0 Å². The predicted molar refractivity (Wildman–Crippen MR) is 117 cm³/mol. The molecular formula is C22H19BrN4O2. The van der Waals surface area contributed by atoms with Gasteiger partial charge >= 0.3 is 0 Å². The van der Waals surface area contributed by atoms with Crippen molar-refractivity contribution in [2.45, 2.75) is 13.8 Å². The average molecular weight is 451 g/mol. The predicted octanol–water partition coefficient (Wildman–Crippen LogP) is 4.56. The number of carbonyl (C=O) groups is 2. The Morgan fingerprint density at radius 2 is 1.76 bits per heavy atom. The van der Waals surface area contributed by atoms with E-state index in [2.05, 4.69) is 36.8 Å². The molecule has 0 spiro atoms. The summed E-state index contributed by atoms with van der Waals surface area (Å²) in [4.78, 5) is 29.1. The van der Waals surface area contributed by atoms with Crippen molar-refractivity contribution in [2.75, 3.05) is 5.32 Å². The van der Waals surface area contributed by atoms with Crippen molar-refractivity contribution in [1.29, 1.82) is 0 Å². The summed E-state index contributed by atoms with van der Waals surface area (Å²) in [6, 6.07) is 16.2. The molecule has 1 heterocycles. The number of nitrogens with zero attached hydrogens (tertiary/aromatic N) is 2. The number of nitrogens with one attached hydrogen (secondary N) is 2. The normalized spacial score (nSPS) is 11.1. The molecular weight excluding hydrogens is 432 g/mol. The summed E-state index contributed by atoms with van der Waals surface area (Å²) in [5.41, 5.74) is 6.36. The fourth-order valence-corrected chi connectivity index (χ4v) is 2.92. The summed E-state index contributed by atoms with van der Waals surface area (Å²) in [5, 5.41) is 6.94. The van der Waals surface area contributed by atoms with Gasteiger partial charge in [0.15, 0.2) is 0 Å². The van der Waals surface area contributed by atoms with Crippen LogP contribution in [0.5, 0.6) is 0 Å². The number of amides is 2. The van der Waals surface area contributed by atoms with Crippen LogP contribution in [0.1, 0.15) is 38.8 Å². The molecule has 7 heteroatoms. The standard InChI is InChI=1S/C22H19BrN4O2/c1-14-5-7-16(8-6-14)15(2)26-27-22(29)19-12-18(23)9-10-20(19)25-21(28)17-4-3-11-24-13-17/h3-13H,1-2H3,(H,25,28)(H,27,29)/b26-15+. The molecule has 29 heavy (non-hydrogen) atoms. The van der Waals surface area contributed by atoms with Gasteiger partial charge in [0.2, 0.25) is 0 Å². The fourth-order valence-electron chi connectivity index (χ4n) is 2.56. The van der Waals surface area contributed by atoms with E-state index in [0.717, 1.165) is 11.1 Å². The van der Waals surface area contributed by atoms with Gasteiger partial charge in [-0.05, 0) is 49.7 Å². The maximum atomic E-state index is 12.7. The van der Waals surface area contributed by atoms with Crippen molar-refractivity contribution in [2.24, 2.45) is 5.10 Å². The Balaban J connectivity index is 1.79. The van der Waals surface area contributed by atoms with Gasteiger partial charge in [-0.25, -0.2) is 5.43 Å². The second kappa shape index (κ2) is 9.25. The van der Waals surface area contributed by atoms with Gasteiger partial charge < -0.3 is 5.32 Å². The van der Waals surface area contributed by atoms with Crippen LogP contribution in [0.25, 0.3) is 0 Å². The Labute approximate surface area is 177 Å². The third-order valence-corrected chi connectivity index (χ3v) is 4.69. The largest absolute Gasteiger partial charge is 0.321 e. The van der Waals surface area contributed by atoms with Gasteiger partial charge in [0, 0.05) is 16.9 Å². The number of hydrazone groups is 1. The summed E-state index contributed by atoms with van der Waals surface area (Å²) in [7, 11) is 0. The summed E-state index contributed by atoms with van der Waals surface area (Å²) in [6.45, 7) is 3.82. The molecule has 0 aliphatic rings. The molecule has 2 amide bonds. The Kier molecular flexibility index (Phi) is 6.51. The molecule has 0 saturated heterocycles. The summed E-state index contributed by atoms with van der Waals surface area (Å²) < 4.78 is 0.710. The van der Waals surface area contributed by atoms with Crippen LogP contribution >= 0.6 is 15.9 Å². The first-order valence-electron chi connectivity index (χ1n) is 8.86. The molecule has 0 bridgehead atoms. The molecule has 0 aliphatic heterocycles. The third-order valence-electron chi connectivity index (χ3n) is 4.19. The van der Waals surface area contributed by atoms with Crippen molar-refractivity contribution in [3.63, 3.8) is 0 Å². The highest BCUT2D eigenvalue weighted by molar-refractivity contribution is 9.10. The highest BCUT2D eigenvalue weighted by atomic mass is 79.9. The highest BCUT2D eigenvalue weighted by Crippen LogP contribution is 2.22. The molecule has 0 unspecified atom stereocenters. The van der Waals surface area contributed by atoms with Gasteiger partial charge in [0.1, 0.15) is 0 Å². The Morgan fingerprint density at radius 3 is 2.45 bits per heavy atom. The van der Waals surface area contributed by atoms with E-state index >= 15 is 0 Å². The Morgan fingerprint density at radius 1 is 1.00 bits per heavy atom. The van der Waals surface area contributed by atoms with E-state index in [1.165, 1.54) is 6.20 Å². The van der Waals surface area contributed by atoms with Crippen LogP contribution < -0.4 is 10.7 Å². The lowest BCUT2D eigenvalue weighted by atomic mass is 10.1. The average Bonchev–Trinajstić information content (AvgIpc) is 2.74. The number of hydrogen-bond donors (Lipinski definition) is 2. The van der Waals surface area contributed by atoms with E-state index in [1.54, 1.807) is 36.5 Å². The summed E-state index contributed by atoms with van der Waals surface area (Å²) in [5.74, 6) is -0.784. The van der Waals surface area contributed by atoms with Gasteiger partial charge in [-0.2, -0.15) is 5.10 Å². The number of aromatic nitrogens is 1. The lowest BCUT2D eigenvalue weighted by Crippen LogP contribution is -2.22. The van der Waals surface area contributed by atoms with E-state index in [1.807, 2.05) is 38.1 Å². The smallest absolute Gasteiger partial charge is 0.273 e. The molecule has 6 nitrogen and oxygen atoms in total. The van der Waals surface area contributed by atoms with Crippen LogP contribution in [0.15, 0.2) is 76.6 Å². The molecule has 0 radical (unpaired) electrons. The quantitative estimate of drug-likeness (QED) is 0.441. The van der Waals surface area contributed by atoms with Crippen LogP contribution in [0, 0.1) is 6.92 Å². The minimum Gasteiger partial charge on any atom is -0.321 e. The third kappa shape index (κ3) is 5.36. The number of rotatable bonds is 5. The Hall–Kier alpha value is -3.32. The maximum absolute atomic E-state index is 12.7. The van der Waals surface area contributed by atoms with Crippen molar-refractivity contribution in [3.05, 3.63) is 93.7 Å². The molecule has 1 aromatic heterocycles. The first kappa shape index (κ1) is 20.4. The molecule has 3 aromatic rings. The number of anilines is 1. The summed E-state index contributed by atoms with van der Waals surface area (Å²) in [6.07, 6.45) is 3.05. The van der Waals surface area contributed by atoms with E-state index in [-0.39, 0.29) is 11.5 Å². The van der Waals surface area contributed by atoms with Crippen molar-refractivity contribution < 1.29 is 9.59 Å². The minimum absolute atomic E-state index is 0.289. The van der Waals surface area contributed by atoms with E-state index < -0.39 is 5.91 Å². The van der Waals surface area contributed by atoms with Gasteiger partial charge in [0.05, 0.1) is 22.5 Å². The van der Waals surface area contributed by atoms with Crippen molar-refractivity contribution >= 4 is 39.1 Å². The first-order chi connectivity index (χ1) is 13.9. The molecule has 0 saturated carbocycles. The molecule has 2 N–H and O–H groups in total. The maximum Gasteiger partial charge on any atom is 0.273 e. The molecule has 0 aliphatic carbocycles. The van der Waals surface area contributed by atoms with Gasteiger partial charge in [0.25, 0.3) is 11.8 Å². The van der Waals surface area contributed by atoms with Gasteiger partial charge in [-0.15, -0.1) is 0 Å². The van der Waals surface area contributed by atoms with Crippen LogP contribution in [0.4, 0.5) is 5.69 Å². The zero-order valence-corrected chi connectivity index (χ0v) is 17.5. The lowest BCUT2D eigenvalue weighted by molar-refractivity contribution is 0.0955. The molecule has 0 atom stereocenters. The zero-order valence-electron chi connectivity index (χ0n) is 15.9. The van der Waals surface area contributed by atoms with Gasteiger partial charge in [-0.3, -0.25) is 14.6 Å². The number of halogens is 1. The topological polar surface area (TPSA) is 83.5 Å². The number of aryl methyl sites for hydroxylation is 1. The second-order valence-electron chi connectivity index (χ2n) is 6.39. The fraction of sp³-hybridized carbons (Fsp3) is 0.0909. The van der Waals surface area contributed by atoms with Crippen LogP contribution in [0.3, 0.4) is 0 Å². The SMILES string of the molecule is C/C(=N\NC(=O)c1cc(Br)ccc1NC(=O)c1cccnc1)c1ccc(C)cc1. The van der Waals surface area contributed by atoms with Crippen molar-refractivity contribution in [1.82, 2.24) is 10.4 Å².